The van der Waals surface area contributed by atoms with Crippen molar-refractivity contribution in [2.75, 3.05) is 20.3 Å². The van der Waals surface area contributed by atoms with E-state index in [2.05, 4.69) is 42.4 Å². The topological polar surface area (TPSA) is 84.9 Å². The molecule has 0 aliphatic rings. The molecule has 0 bridgehead atoms. The third kappa shape index (κ3) is 6.68. The zero-order chi connectivity index (χ0) is 25.5. The van der Waals surface area contributed by atoms with Crippen LogP contribution in [0.1, 0.15) is 70.4 Å². The van der Waals surface area contributed by atoms with Crippen LogP contribution in [0.4, 0.5) is 0 Å². The van der Waals surface area contributed by atoms with Crippen LogP contribution in [0, 0.1) is 5.41 Å². The van der Waals surface area contributed by atoms with Crippen molar-refractivity contribution in [3.05, 3.63) is 46.3 Å². The van der Waals surface area contributed by atoms with Gasteiger partial charge < -0.3 is 14.6 Å². The molecule has 34 heavy (non-hydrogen) atoms. The van der Waals surface area contributed by atoms with E-state index < -0.39 is 23.1 Å². The van der Waals surface area contributed by atoms with Gasteiger partial charge in [-0.15, -0.1) is 11.3 Å². The van der Waals surface area contributed by atoms with Crippen molar-refractivity contribution in [1.82, 2.24) is 4.72 Å². The minimum absolute atomic E-state index is 0.103. The van der Waals surface area contributed by atoms with E-state index in [1.165, 1.54) is 24.0 Å². The number of carbonyl (C=O) groups excluding carboxylic acids is 1. The molecule has 2 aromatic rings. The lowest BCUT2D eigenvalue weighted by molar-refractivity contribution is -0.139. The van der Waals surface area contributed by atoms with Crippen LogP contribution >= 0.6 is 11.3 Å². The first-order chi connectivity index (χ1) is 16.0. The molecular formula is C26H39NO5S2. The maximum Gasteiger partial charge on any atom is 0.320 e. The molecule has 0 fully saturated rings. The number of methoxy groups -OCH3 is 1. The van der Waals surface area contributed by atoms with Gasteiger partial charge in [0.25, 0.3) is 0 Å². The molecule has 2 rings (SSSR count). The highest BCUT2D eigenvalue weighted by molar-refractivity contribution is 7.85. The normalized spacial score (nSPS) is 14.0. The molecule has 1 aromatic carbocycles. The standard InChI is InChI=1S/C26H39NO5S2/c1-8-18-15-19(11-12-20(18)32-17-21(28)25(4,5)6)26(9-2,10-3)22-13-14-24(33-22)34(30)27-16-23(29)31-7/h11-15,21,27-28H,8-10,16-17H2,1-7H3. The van der Waals surface area contributed by atoms with Gasteiger partial charge in [0.15, 0.2) is 0 Å². The van der Waals surface area contributed by atoms with Gasteiger partial charge in [-0.1, -0.05) is 53.7 Å². The zero-order valence-electron chi connectivity index (χ0n) is 21.4. The Kier molecular flexibility index (Phi) is 10.3. The number of aliphatic hydroxyl groups is 1. The average Bonchev–Trinajstić information content (AvgIpc) is 3.32. The van der Waals surface area contributed by atoms with Crippen LogP contribution in [0.3, 0.4) is 0 Å². The van der Waals surface area contributed by atoms with E-state index in [-0.39, 0.29) is 24.0 Å². The number of carbonyl (C=O) groups is 1. The summed E-state index contributed by atoms with van der Waals surface area (Å²) in [7, 11) is -0.174. The van der Waals surface area contributed by atoms with E-state index in [0.717, 1.165) is 35.5 Å². The summed E-state index contributed by atoms with van der Waals surface area (Å²) in [5, 5.41) is 10.4. The lowest BCUT2D eigenvalue weighted by atomic mass is 9.74. The monoisotopic (exact) mass is 509 g/mol. The Morgan fingerprint density at radius 1 is 1.15 bits per heavy atom. The van der Waals surface area contributed by atoms with Gasteiger partial charge in [-0.25, -0.2) is 8.93 Å². The minimum atomic E-state index is -1.48. The molecule has 0 amide bonds. The van der Waals surface area contributed by atoms with Crippen LogP contribution in [0.15, 0.2) is 34.5 Å². The number of aliphatic hydroxyl groups excluding tert-OH is 1. The highest BCUT2D eigenvalue weighted by Gasteiger charge is 2.33. The fourth-order valence-corrected chi connectivity index (χ4v) is 6.23. The number of rotatable bonds is 12. The molecular weight excluding hydrogens is 470 g/mol. The summed E-state index contributed by atoms with van der Waals surface area (Å²) in [4.78, 5) is 12.5. The fourth-order valence-electron chi connectivity index (χ4n) is 3.81. The van der Waals surface area contributed by atoms with Gasteiger partial charge in [-0.3, -0.25) is 4.79 Å². The SMILES string of the molecule is CCc1cc(C(CC)(CC)c2ccc(S(=O)NCC(=O)OC)s2)ccc1OCC(O)C(C)(C)C. The van der Waals surface area contributed by atoms with E-state index >= 15 is 0 Å². The van der Waals surface area contributed by atoms with Crippen molar-refractivity contribution in [1.29, 1.82) is 0 Å². The van der Waals surface area contributed by atoms with Crippen LogP contribution < -0.4 is 9.46 Å². The number of hydrogen-bond acceptors (Lipinski definition) is 6. The van der Waals surface area contributed by atoms with Gasteiger partial charge in [0.2, 0.25) is 0 Å². The molecule has 1 heterocycles. The number of benzene rings is 1. The van der Waals surface area contributed by atoms with E-state index in [1.54, 1.807) is 0 Å². The fraction of sp³-hybridized carbons (Fsp3) is 0.577. The molecule has 2 N–H and O–H groups in total. The van der Waals surface area contributed by atoms with Gasteiger partial charge in [-0.05, 0) is 54.0 Å². The van der Waals surface area contributed by atoms with Gasteiger partial charge >= 0.3 is 5.97 Å². The number of thiophene rings is 1. The Labute approximate surface area is 210 Å². The number of ether oxygens (including phenoxy) is 2. The Balaban J connectivity index is 2.32. The van der Waals surface area contributed by atoms with Crippen LogP contribution in [0.5, 0.6) is 5.75 Å². The summed E-state index contributed by atoms with van der Waals surface area (Å²) >= 11 is 1.51. The first-order valence-electron chi connectivity index (χ1n) is 11.8. The second-order valence-corrected chi connectivity index (χ2v) is 12.1. The summed E-state index contributed by atoms with van der Waals surface area (Å²) in [6.07, 6.45) is 2.03. The van der Waals surface area contributed by atoms with Crippen LogP contribution in [-0.4, -0.2) is 41.7 Å². The summed E-state index contributed by atoms with van der Waals surface area (Å²) in [5.41, 5.74) is 1.84. The molecule has 0 saturated carbocycles. The molecule has 0 spiro atoms. The number of aryl methyl sites for hydroxylation is 1. The van der Waals surface area contributed by atoms with E-state index in [0.29, 0.717) is 4.21 Å². The summed E-state index contributed by atoms with van der Waals surface area (Å²) < 4.78 is 26.6. The maximum absolute atomic E-state index is 12.6. The molecule has 0 radical (unpaired) electrons. The Morgan fingerprint density at radius 2 is 1.82 bits per heavy atom. The molecule has 0 aliphatic carbocycles. The van der Waals surface area contributed by atoms with E-state index in [1.807, 2.05) is 39.0 Å². The number of esters is 1. The van der Waals surface area contributed by atoms with Gasteiger partial charge in [0.1, 0.15) is 34.1 Å². The zero-order valence-corrected chi connectivity index (χ0v) is 23.0. The predicted octanol–water partition coefficient (Wildman–Crippen LogP) is 4.99. The lowest BCUT2D eigenvalue weighted by Gasteiger charge is -2.32. The van der Waals surface area contributed by atoms with Gasteiger partial charge in [0.05, 0.1) is 13.2 Å². The smallest absolute Gasteiger partial charge is 0.320 e. The molecule has 0 saturated heterocycles. The molecule has 6 nitrogen and oxygen atoms in total. The molecule has 190 valence electrons. The molecule has 2 unspecified atom stereocenters. The summed E-state index contributed by atoms with van der Waals surface area (Å²) in [6.45, 7) is 12.6. The Morgan fingerprint density at radius 3 is 2.38 bits per heavy atom. The average molecular weight is 510 g/mol. The lowest BCUT2D eigenvalue weighted by Crippen LogP contribution is -2.32. The quantitative estimate of drug-likeness (QED) is 0.394. The highest BCUT2D eigenvalue weighted by atomic mass is 32.2. The van der Waals surface area contributed by atoms with Gasteiger partial charge in [0, 0.05) is 10.3 Å². The summed E-state index contributed by atoms with van der Waals surface area (Å²) in [6, 6.07) is 10.2. The molecule has 1 aromatic heterocycles. The summed E-state index contributed by atoms with van der Waals surface area (Å²) in [5.74, 6) is 0.349. The molecule has 8 heteroatoms. The third-order valence-electron chi connectivity index (χ3n) is 6.41. The first kappa shape index (κ1) is 28.5. The second-order valence-electron chi connectivity index (χ2n) is 9.44. The van der Waals surface area contributed by atoms with Crippen LogP contribution in [0.2, 0.25) is 0 Å². The van der Waals surface area contributed by atoms with Crippen molar-refractivity contribution in [3.63, 3.8) is 0 Å². The van der Waals surface area contributed by atoms with Crippen molar-refractivity contribution >= 4 is 28.3 Å². The van der Waals surface area contributed by atoms with Gasteiger partial charge in [-0.2, -0.15) is 0 Å². The number of hydrogen-bond donors (Lipinski definition) is 2. The molecule has 2 atom stereocenters. The highest BCUT2D eigenvalue weighted by Crippen LogP contribution is 2.44. The molecule has 0 aliphatic heterocycles. The Bertz CT molecular complexity index is 976. The largest absolute Gasteiger partial charge is 0.491 e. The third-order valence-corrected chi connectivity index (χ3v) is 9.10. The minimum Gasteiger partial charge on any atom is -0.491 e. The van der Waals surface area contributed by atoms with Crippen LogP contribution in [0.25, 0.3) is 0 Å². The van der Waals surface area contributed by atoms with Crippen molar-refractivity contribution in [3.8, 4) is 5.75 Å². The number of nitrogens with one attached hydrogen (secondary N) is 1. The predicted molar refractivity (Wildman–Crippen MR) is 139 cm³/mol. The van der Waals surface area contributed by atoms with Crippen molar-refractivity contribution in [2.45, 2.75) is 76.5 Å². The second kappa shape index (κ2) is 12.3. The van der Waals surface area contributed by atoms with E-state index in [4.69, 9.17) is 4.74 Å². The first-order valence-corrected chi connectivity index (χ1v) is 13.8. The van der Waals surface area contributed by atoms with Crippen molar-refractivity contribution in [2.24, 2.45) is 5.41 Å². The van der Waals surface area contributed by atoms with E-state index in [9.17, 15) is 14.1 Å². The Hall–Kier alpha value is -1.74. The van der Waals surface area contributed by atoms with Crippen molar-refractivity contribution < 1.29 is 23.6 Å². The van der Waals surface area contributed by atoms with Crippen LogP contribution in [-0.2, 0) is 32.4 Å². The maximum atomic E-state index is 12.6.